The minimum atomic E-state index is -3.69. The van der Waals surface area contributed by atoms with Crippen molar-refractivity contribution in [1.82, 2.24) is 10.2 Å². The highest BCUT2D eigenvalue weighted by atomic mass is 32.2. The number of nitrogens with one attached hydrogen (secondary N) is 2. The van der Waals surface area contributed by atoms with Crippen LogP contribution in [0.3, 0.4) is 0 Å². The summed E-state index contributed by atoms with van der Waals surface area (Å²) in [4.78, 5) is 12.5. The topological polar surface area (TPSA) is 133 Å². The van der Waals surface area contributed by atoms with Crippen molar-refractivity contribution in [3.8, 4) is 23.0 Å². The van der Waals surface area contributed by atoms with E-state index in [0.717, 1.165) is 11.8 Å². The van der Waals surface area contributed by atoms with Crippen molar-refractivity contribution >= 4 is 39.1 Å². The lowest BCUT2D eigenvalue weighted by atomic mass is 10.2. The second kappa shape index (κ2) is 11.1. The summed E-state index contributed by atoms with van der Waals surface area (Å²) in [5.74, 6) is 1.12. The number of carbonyl (C=O) groups is 1. The third-order valence-electron chi connectivity index (χ3n) is 4.81. The molecule has 4 aromatic rings. The molecule has 1 aromatic heterocycles. The SMILES string of the molecule is COc1cc(NC(=O)CSc2nnc(-c3ccc(NS(=O)(=O)c4ccccc4)cc3)o2)cc(OC)c1. The number of amides is 1. The first kappa shape index (κ1) is 25.1. The third kappa shape index (κ3) is 6.34. The predicted molar refractivity (Wildman–Crippen MR) is 136 cm³/mol. The summed E-state index contributed by atoms with van der Waals surface area (Å²) in [6.45, 7) is 0. The molecule has 10 nitrogen and oxygen atoms in total. The van der Waals surface area contributed by atoms with E-state index in [-0.39, 0.29) is 27.7 Å². The number of hydrogen-bond donors (Lipinski definition) is 2. The summed E-state index contributed by atoms with van der Waals surface area (Å²) in [6, 6.07) is 19.7. The summed E-state index contributed by atoms with van der Waals surface area (Å²) in [5.41, 5.74) is 1.53. The molecule has 0 unspecified atom stereocenters. The maximum absolute atomic E-state index is 12.5. The lowest BCUT2D eigenvalue weighted by Gasteiger charge is -2.09. The van der Waals surface area contributed by atoms with Crippen LogP contribution in [0, 0.1) is 0 Å². The summed E-state index contributed by atoms with van der Waals surface area (Å²) in [6.07, 6.45) is 0. The Bertz CT molecular complexity index is 1420. The van der Waals surface area contributed by atoms with E-state index < -0.39 is 10.0 Å². The molecule has 4 rings (SSSR count). The first-order valence-electron chi connectivity index (χ1n) is 10.5. The Labute approximate surface area is 212 Å². The van der Waals surface area contributed by atoms with Crippen LogP contribution in [-0.2, 0) is 14.8 Å². The minimum Gasteiger partial charge on any atom is -0.497 e. The number of ether oxygens (including phenoxy) is 2. The van der Waals surface area contributed by atoms with Crippen molar-refractivity contribution in [3.63, 3.8) is 0 Å². The van der Waals surface area contributed by atoms with Crippen LogP contribution in [0.4, 0.5) is 11.4 Å². The Morgan fingerprint density at radius 3 is 2.22 bits per heavy atom. The number of carbonyl (C=O) groups excluding carboxylic acids is 1. The monoisotopic (exact) mass is 526 g/mol. The Balaban J connectivity index is 1.34. The standard InChI is InChI=1S/C24H22N4O6S2/c1-32-19-12-18(13-20(14-19)33-2)25-22(29)15-35-24-27-26-23(34-24)16-8-10-17(11-9-16)28-36(30,31)21-6-4-3-5-7-21/h3-14,28H,15H2,1-2H3,(H,25,29). The molecule has 0 atom stereocenters. The highest BCUT2D eigenvalue weighted by Crippen LogP contribution is 2.27. The molecule has 0 fully saturated rings. The van der Waals surface area contributed by atoms with Gasteiger partial charge in [0.05, 0.1) is 24.9 Å². The first-order chi connectivity index (χ1) is 17.4. The van der Waals surface area contributed by atoms with Gasteiger partial charge in [0, 0.05) is 35.1 Å². The average molecular weight is 527 g/mol. The normalized spacial score (nSPS) is 11.1. The molecule has 1 heterocycles. The smallest absolute Gasteiger partial charge is 0.277 e. The van der Waals surface area contributed by atoms with E-state index in [9.17, 15) is 13.2 Å². The average Bonchev–Trinajstić information content (AvgIpc) is 3.37. The van der Waals surface area contributed by atoms with Gasteiger partial charge in [0.25, 0.3) is 15.2 Å². The maximum atomic E-state index is 12.5. The molecule has 0 aliphatic heterocycles. The largest absolute Gasteiger partial charge is 0.497 e. The zero-order valence-electron chi connectivity index (χ0n) is 19.3. The van der Waals surface area contributed by atoms with Crippen LogP contribution >= 0.6 is 11.8 Å². The fourth-order valence-corrected chi connectivity index (χ4v) is 4.73. The maximum Gasteiger partial charge on any atom is 0.277 e. The molecule has 3 aromatic carbocycles. The Hall–Kier alpha value is -4.03. The van der Waals surface area contributed by atoms with Crippen molar-refractivity contribution in [2.24, 2.45) is 0 Å². The summed E-state index contributed by atoms with van der Waals surface area (Å²) in [5, 5.41) is 11.0. The van der Waals surface area contributed by atoms with Crippen LogP contribution in [0.1, 0.15) is 0 Å². The molecule has 0 saturated heterocycles. The van der Waals surface area contributed by atoms with Crippen molar-refractivity contribution < 1.29 is 27.1 Å². The van der Waals surface area contributed by atoms with Gasteiger partial charge in [-0.2, -0.15) is 0 Å². The van der Waals surface area contributed by atoms with E-state index in [4.69, 9.17) is 13.9 Å². The van der Waals surface area contributed by atoms with E-state index in [1.807, 2.05) is 0 Å². The molecule has 0 bridgehead atoms. The van der Waals surface area contributed by atoms with E-state index >= 15 is 0 Å². The van der Waals surface area contributed by atoms with E-state index in [1.165, 1.54) is 26.4 Å². The van der Waals surface area contributed by atoms with Crippen molar-refractivity contribution in [2.45, 2.75) is 10.1 Å². The highest BCUT2D eigenvalue weighted by molar-refractivity contribution is 7.99. The van der Waals surface area contributed by atoms with E-state index in [1.54, 1.807) is 60.7 Å². The predicted octanol–water partition coefficient (Wildman–Crippen LogP) is 4.29. The molecule has 0 saturated carbocycles. The molecular weight excluding hydrogens is 504 g/mol. The minimum absolute atomic E-state index is 0.0430. The van der Waals surface area contributed by atoms with Gasteiger partial charge in [-0.3, -0.25) is 9.52 Å². The van der Waals surface area contributed by atoms with Crippen LogP contribution < -0.4 is 19.5 Å². The zero-order valence-corrected chi connectivity index (χ0v) is 20.9. The molecule has 2 N–H and O–H groups in total. The second-order valence-electron chi connectivity index (χ2n) is 7.31. The van der Waals surface area contributed by atoms with Gasteiger partial charge in [0.1, 0.15) is 11.5 Å². The number of thioether (sulfide) groups is 1. The fraction of sp³-hybridized carbons (Fsp3) is 0.125. The van der Waals surface area contributed by atoms with Gasteiger partial charge in [0.15, 0.2) is 0 Å². The van der Waals surface area contributed by atoms with Crippen LogP contribution in [-0.4, -0.2) is 44.5 Å². The summed E-state index contributed by atoms with van der Waals surface area (Å²) < 4.78 is 43.5. The first-order valence-corrected chi connectivity index (χ1v) is 13.0. The molecular formula is C24H22N4O6S2. The van der Waals surface area contributed by atoms with Gasteiger partial charge in [-0.05, 0) is 36.4 Å². The number of sulfonamides is 1. The van der Waals surface area contributed by atoms with Gasteiger partial charge in [0.2, 0.25) is 11.8 Å². The fourth-order valence-electron chi connectivity index (χ4n) is 3.08. The molecule has 0 aliphatic rings. The van der Waals surface area contributed by atoms with E-state index in [2.05, 4.69) is 20.2 Å². The zero-order chi connectivity index (χ0) is 25.5. The van der Waals surface area contributed by atoms with E-state index in [0.29, 0.717) is 28.4 Å². The number of nitrogens with zero attached hydrogens (tertiary/aromatic N) is 2. The highest BCUT2D eigenvalue weighted by Gasteiger charge is 2.15. The summed E-state index contributed by atoms with van der Waals surface area (Å²) >= 11 is 1.09. The Morgan fingerprint density at radius 2 is 1.58 bits per heavy atom. The lowest BCUT2D eigenvalue weighted by molar-refractivity contribution is -0.113. The number of hydrogen-bond acceptors (Lipinski definition) is 9. The van der Waals surface area contributed by atoms with Crippen LogP contribution in [0.2, 0.25) is 0 Å². The van der Waals surface area contributed by atoms with Gasteiger partial charge in [-0.15, -0.1) is 10.2 Å². The molecule has 186 valence electrons. The van der Waals surface area contributed by atoms with Gasteiger partial charge in [-0.25, -0.2) is 8.42 Å². The molecule has 0 radical (unpaired) electrons. The number of rotatable bonds is 10. The number of aromatic nitrogens is 2. The van der Waals surface area contributed by atoms with Gasteiger partial charge in [-0.1, -0.05) is 30.0 Å². The molecule has 12 heteroatoms. The molecule has 0 spiro atoms. The quantitative estimate of drug-likeness (QED) is 0.290. The molecule has 0 aliphatic carbocycles. The van der Waals surface area contributed by atoms with Crippen molar-refractivity contribution in [1.29, 1.82) is 0 Å². The Morgan fingerprint density at radius 1 is 0.917 bits per heavy atom. The van der Waals surface area contributed by atoms with Gasteiger partial charge >= 0.3 is 0 Å². The Kier molecular flexibility index (Phi) is 7.76. The number of benzene rings is 3. The third-order valence-corrected chi connectivity index (χ3v) is 7.02. The summed E-state index contributed by atoms with van der Waals surface area (Å²) in [7, 11) is -0.634. The molecule has 36 heavy (non-hydrogen) atoms. The van der Waals surface area contributed by atoms with Gasteiger partial charge < -0.3 is 19.2 Å². The molecule has 1 amide bonds. The lowest BCUT2D eigenvalue weighted by Crippen LogP contribution is -2.14. The van der Waals surface area contributed by atoms with Crippen molar-refractivity contribution in [2.75, 3.05) is 30.0 Å². The number of anilines is 2. The van der Waals surface area contributed by atoms with Crippen LogP contribution in [0.25, 0.3) is 11.5 Å². The second-order valence-corrected chi connectivity index (χ2v) is 9.92. The van der Waals surface area contributed by atoms with Crippen LogP contribution in [0.5, 0.6) is 11.5 Å². The van der Waals surface area contributed by atoms with Crippen molar-refractivity contribution in [3.05, 3.63) is 72.8 Å². The van der Waals surface area contributed by atoms with Crippen LogP contribution in [0.15, 0.2) is 87.3 Å². The number of methoxy groups -OCH3 is 2.